The van der Waals surface area contributed by atoms with E-state index in [1.807, 2.05) is 0 Å². The van der Waals surface area contributed by atoms with Gasteiger partial charge in [0.25, 0.3) is 5.69 Å². The summed E-state index contributed by atoms with van der Waals surface area (Å²) in [6.07, 6.45) is 2.41. The molecule has 1 heterocycles. The molecule has 0 bridgehead atoms. The van der Waals surface area contributed by atoms with Gasteiger partial charge in [-0.15, -0.1) is 0 Å². The van der Waals surface area contributed by atoms with Crippen molar-refractivity contribution in [3.05, 3.63) is 34.4 Å². The third-order valence-electron chi connectivity index (χ3n) is 3.94. The maximum absolute atomic E-state index is 10.6. The van der Waals surface area contributed by atoms with Crippen LogP contribution in [-0.2, 0) is 0 Å². The molecule has 19 heavy (non-hydrogen) atoms. The van der Waals surface area contributed by atoms with Crippen LogP contribution in [0, 0.1) is 16.0 Å². The van der Waals surface area contributed by atoms with Gasteiger partial charge in [0.2, 0.25) is 0 Å². The number of rotatable bonds is 4. The highest BCUT2D eigenvalue weighted by Gasteiger charge is 2.22. The molecule has 5 nitrogen and oxygen atoms in total. The zero-order chi connectivity index (χ0) is 13.8. The van der Waals surface area contributed by atoms with Gasteiger partial charge in [-0.3, -0.25) is 10.1 Å². The predicted molar refractivity (Wildman–Crippen MR) is 76.4 cm³/mol. The van der Waals surface area contributed by atoms with Crippen molar-refractivity contribution in [2.24, 2.45) is 5.92 Å². The van der Waals surface area contributed by atoms with E-state index in [2.05, 4.69) is 24.2 Å². The standard InChI is InChI=1S/C14H21N3O2/c1-11(12-7-9-16(2)10-8-12)15-13-3-5-14(6-4-13)17(18)19/h3-6,11-12,15H,7-10H2,1-2H3. The average Bonchev–Trinajstić information content (AvgIpc) is 2.40. The molecule has 1 aromatic carbocycles. The van der Waals surface area contributed by atoms with Crippen molar-refractivity contribution < 1.29 is 4.92 Å². The minimum Gasteiger partial charge on any atom is -0.382 e. The van der Waals surface area contributed by atoms with Crippen molar-refractivity contribution in [1.29, 1.82) is 0 Å². The molecule has 0 spiro atoms. The van der Waals surface area contributed by atoms with Crippen molar-refractivity contribution in [3.8, 4) is 0 Å². The van der Waals surface area contributed by atoms with Gasteiger partial charge in [0.1, 0.15) is 0 Å². The maximum Gasteiger partial charge on any atom is 0.269 e. The summed E-state index contributed by atoms with van der Waals surface area (Å²) >= 11 is 0. The molecule has 1 saturated heterocycles. The zero-order valence-corrected chi connectivity index (χ0v) is 11.5. The Kier molecular flexibility index (Phi) is 4.37. The molecule has 1 aliphatic heterocycles. The predicted octanol–water partition coefficient (Wildman–Crippen LogP) is 2.74. The third kappa shape index (κ3) is 3.67. The quantitative estimate of drug-likeness (QED) is 0.670. The number of likely N-dealkylation sites (tertiary alicyclic amines) is 1. The third-order valence-corrected chi connectivity index (χ3v) is 3.94. The molecular formula is C14H21N3O2. The molecule has 1 unspecified atom stereocenters. The first kappa shape index (κ1) is 13.8. The summed E-state index contributed by atoms with van der Waals surface area (Å²) in [5.41, 5.74) is 1.09. The van der Waals surface area contributed by atoms with Gasteiger partial charge >= 0.3 is 0 Å². The first-order chi connectivity index (χ1) is 9.06. The van der Waals surface area contributed by atoms with Crippen LogP contribution in [0.3, 0.4) is 0 Å². The molecule has 1 atom stereocenters. The van der Waals surface area contributed by atoms with E-state index >= 15 is 0 Å². The van der Waals surface area contributed by atoms with Gasteiger partial charge in [-0.25, -0.2) is 0 Å². The monoisotopic (exact) mass is 263 g/mol. The number of hydrogen-bond donors (Lipinski definition) is 1. The summed E-state index contributed by atoms with van der Waals surface area (Å²) in [5, 5.41) is 14.0. The average molecular weight is 263 g/mol. The van der Waals surface area contributed by atoms with Crippen LogP contribution in [0.2, 0.25) is 0 Å². The number of nitrogens with one attached hydrogen (secondary N) is 1. The van der Waals surface area contributed by atoms with E-state index in [0.717, 1.165) is 18.8 Å². The number of piperidine rings is 1. The van der Waals surface area contributed by atoms with Gasteiger partial charge in [0.05, 0.1) is 4.92 Å². The molecule has 1 aromatic rings. The topological polar surface area (TPSA) is 58.4 Å². The highest BCUT2D eigenvalue weighted by atomic mass is 16.6. The Morgan fingerprint density at radius 1 is 1.32 bits per heavy atom. The Morgan fingerprint density at radius 2 is 1.89 bits per heavy atom. The highest BCUT2D eigenvalue weighted by molar-refractivity contribution is 5.49. The Bertz CT molecular complexity index is 425. The number of hydrogen-bond acceptors (Lipinski definition) is 4. The van der Waals surface area contributed by atoms with Crippen molar-refractivity contribution >= 4 is 11.4 Å². The fraction of sp³-hybridized carbons (Fsp3) is 0.571. The van der Waals surface area contributed by atoms with Crippen molar-refractivity contribution in [2.75, 3.05) is 25.5 Å². The van der Waals surface area contributed by atoms with Crippen LogP contribution < -0.4 is 5.32 Å². The number of nitro groups is 1. The zero-order valence-electron chi connectivity index (χ0n) is 11.5. The van der Waals surface area contributed by atoms with Crippen LogP contribution in [0.15, 0.2) is 24.3 Å². The van der Waals surface area contributed by atoms with Gasteiger partial charge in [0.15, 0.2) is 0 Å². The number of nitro benzene ring substituents is 1. The van der Waals surface area contributed by atoms with Crippen LogP contribution >= 0.6 is 0 Å². The van der Waals surface area contributed by atoms with Gasteiger partial charge < -0.3 is 10.2 Å². The fourth-order valence-corrected chi connectivity index (χ4v) is 2.59. The molecule has 1 N–H and O–H groups in total. The number of anilines is 1. The van der Waals surface area contributed by atoms with Crippen LogP contribution in [0.5, 0.6) is 0 Å². The van der Waals surface area contributed by atoms with E-state index in [1.165, 1.54) is 12.8 Å². The summed E-state index contributed by atoms with van der Waals surface area (Å²) in [7, 11) is 2.16. The van der Waals surface area contributed by atoms with Crippen molar-refractivity contribution in [1.82, 2.24) is 4.90 Å². The minimum absolute atomic E-state index is 0.137. The minimum atomic E-state index is -0.371. The van der Waals surface area contributed by atoms with E-state index in [9.17, 15) is 10.1 Å². The molecule has 1 aliphatic rings. The molecule has 5 heteroatoms. The molecule has 104 valence electrons. The molecule has 0 aromatic heterocycles. The molecule has 0 radical (unpaired) electrons. The van der Waals surface area contributed by atoms with E-state index in [0.29, 0.717) is 12.0 Å². The number of nitrogens with zero attached hydrogens (tertiary/aromatic N) is 2. The van der Waals surface area contributed by atoms with E-state index in [1.54, 1.807) is 24.3 Å². The summed E-state index contributed by atoms with van der Waals surface area (Å²) in [4.78, 5) is 12.6. The van der Waals surface area contributed by atoms with Gasteiger partial charge in [0, 0.05) is 23.9 Å². The van der Waals surface area contributed by atoms with Gasteiger partial charge in [-0.1, -0.05) is 0 Å². The van der Waals surface area contributed by atoms with Gasteiger partial charge in [-0.2, -0.15) is 0 Å². The molecular weight excluding hydrogens is 242 g/mol. The normalized spacial score (nSPS) is 19.1. The molecule has 0 saturated carbocycles. The van der Waals surface area contributed by atoms with Gasteiger partial charge in [-0.05, 0) is 58.0 Å². The van der Waals surface area contributed by atoms with E-state index in [-0.39, 0.29) is 10.6 Å². The number of non-ortho nitro benzene ring substituents is 1. The maximum atomic E-state index is 10.6. The van der Waals surface area contributed by atoms with Crippen LogP contribution in [-0.4, -0.2) is 36.0 Å². The second kappa shape index (κ2) is 6.02. The first-order valence-corrected chi connectivity index (χ1v) is 6.76. The van der Waals surface area contributed by atoms with Crippen molar-refractivity contribution in [2.45, 2.75) is 25.8 Å². The molecule has 1 fully saturated rings. The Morgan fingerprint density at radius 3 is 2.42 bits per heavy atom. The smallest absolute Gasteiger partial charge is 0.269 e. The summed E-state index contributed by atoms with van der Waals surface area (Å²) in [5.74, 6) is 0.673. The lowest BCUT2D eigenvalue weighted by atomic mass is 9.90. The SMILES string of the molecule is CC(Nc1ccc([N+](=O)[O-])cc1)C1CCN(C)CC1. The van der Waals surface area contributed by atoms with E-state index < -0.39 is 0 Å². The Labute approximate surface area is 113 Å². The highest BCUT2D eigenvalue weighted by Crippen LogP contribution is 2.23. The summed E-state index contributed by atoms with van der Waals surface area (Å²) < 4.78 is 0. The van der Waals surface area contributed by atoms with E-state index in [4.69, 9.17) is 0 Å². The number of benzene rings is 1. The molecule has 0 amide bonds. The van der Waals surface area contributed by atoms with Crippen LogP contribution in [0.25, 0.3) is 0 Å². The summed E-state index contributed by atoms with van der Waals surface area (Å²) in [6, 6.07) is 7.05. The first-order valence-electron chi connectivity index (χ1n) is 6.76. The molecule has 0 aliphatic carbocycles. The van der Waals surface area contributed by atoms with Crippen LogP contribution in [0.1, 0.15) is 19.8 Å². The lowest BCUT2D eigenvalue weighted by Crippen LogP contribution is -2.37. The summed E-state index contributed by atoms with van der Waals surface area (Å²) in [6.45, 7) is 4.49. The van der Waals surface area contributed by atoms with Crippen molar-refractivity contribution in [3.63, 3.8) is 0 Å². The lowest BCUT2D eigenvalue weighted by molar-refractivity contribution is -0.384. The second-order valence-electron chi connectivity index (χ2n) is 5.38. The van der Waals surface area contributed by atoms with Crippen LogP contribution in [0.4, 0.5) is 11.4 Å². The Balaban J connectivity index is 1.91. The second-order valence-corrected chi connectivity index (χ2v) is 5.38. The Hall–Kier alpha value is -1.62. The lowest BCUT2D eigenvalue weighted by Gasteiger charge is -2.33. The molecule has 2 rings (SSSR count). The largest absolute Gasteiger partial charge is 0.382 e. The fourth-order valence-electron chi connectivity index (χ4n) is 2.59.